The van der Waals surface area contributed by atoms with Crippen molar-refractivity contribution in [1.29, 1.82) is 0 Å². The molecule has 0 aromatic carbocycles. The van der Waals surface area contributed by atoms with Crippen LogP contribution in [0.5, 0.6) is 0 Å². The molecule has 0 aliphatic carbocycles. The Kier molecular flexibility index (Phi) is 8.61. The van der Waals surface area contributed by atoms with E-state index in [1.54, 1.807) is 11.8 Å². The molecule has 4 N–H and O–H groups in total. The predicted octanol–water partition coefficient (Wildman–Crippen LogP) is 0.562. The lowest BCUT2D eigenvalue weighted by molar-refractivity contribution is -0.0550. The first kappa shape index (κ1) is 14.2. The third kappa shape index (κ3) is 6.62. The molecule has 0 saturated carbocycles. The van der Waals surface area contributed by atoms with Crippen LogP contribution in [-0.4, -0.2) is 36.0 Å². The van der Waals surface area contributed by atoms with Crippen LogP contribution in [0.1, 0.15) is 20.3 Å². The number of thioether (sulfide) groups is 1. The quantitative estimate of drug-likeness (QED) is 0.414. The summed E-state index contributed by atoms with van der Waals surface area (Å²) >= 11 is 1.71. The molecular weight excluding hydrogens is 200 g/mol. The van der Waals surface area contributed by atoms with Crippen molar-refractivity contribution in [2.45, 2.75) is 32.6 Å². The van der Waals surface area contributed by atoms with Gasteiger partial charge in [0.2, 0.25) is 0 Å². The molecular formula is C9H22N2O2S. The van der Waals surface area contributed by atoms with Gasteiger partial charge in [-0.3, -0.25) is 10.2 Å². The largest absolute Gasteiger partial charge is 0.376 e. The van der Waals surface area contributed by atoms with Crippen LogP contribution < -0.4 is 11.2 Å². The Morgan fingerprint density at radius 1 is 1.50 bits per heavy atom. The highest BCUT2D eigenvalue weighted by atomic mass is 32.2. The summed E-state index contributed by atoms with van der Waals surface area (Å²) in [4.78, 5) is 4.72. The highest BCUT2D eigenvalue weighted by Gasteiger charge is 2.18. The summed E-state index contributed by atoms with van der Waals surface area (Å²) < 4.78 is 0. The molecule has 0 radical (unpaired) electrons. The van der Waals surface area contributed by atoms with Crippen molar-refractivity contribution in [3.05, 3.63) is 0 Å². The van der Waals surface area contributed by atoms with Crippen LogP contribution in [0.15, 0.2) is 0 Å². The zero-order chi connectivity index (χ0) is 11.0. The normalized spacial score (nSPS) is 15.9. The van der Waals surface area contributed by atoms with Crippen molar-refractivity contribution in [3.63, 3.8) is 0 Å². The van der Waals surface area contributed by atoms with Gasteiger partial charge in [-0.25, -0.2) is 5.90 Å². The Morgan fingerprint density at radius 2 is 2.14 bits per heavy atom. The van der Waals surface area contributed by atoms with Crippen molar-refractivity contribution in [1.82, 2.24) is 5.32 Å². The Labute approximate surface area is 90.5 Å². The minimum absolute atomic E-state index is 0.318. The molecule has 0 aromatic heterocycles. The maximum Gasteiger partial charge on any atom is 0.133 e. The lowest BCUT2D eigenvalue weighted by atomic mass is 10.2. The van der Waals surface area contributed by atoms with E-state index in [0.717, 1.165) is 18.7 Å². The van der Waals surface area contributed by atoms with E-state index in [0.29, 0.717) is 5.92 Å². The van der Waals surface area contributed by atoms with E-state index in [4.69, 9.17) is 10.7 Å². The monoisotopic (exact) mass is 222 g/mol. The summed E-state index contributed by atoms with van der Waals surface area (Å²) in [5.74, 6) is 6.55. The van der Waals surface area contributed by atoms with Gasteiger partial charge in [-0.05, 0) is 30.9 Å². The fraction of sp³-hybridized carbons (Fsp3) is 1.00. The van der Waals surface area contributed by atoms with Gasteiger partial charge in [0.25, 0.3) is 0 Å². The molecule has 0 amide bonds. The van der Waals surface area contributed by atoms with Crippen LogP contribution in [0, 0.1) is 5.92 Å². The van der Waals surface area contributed by atoms with E-state index >= 15 is 0 Å². The Bertz CT molecular complexity index is 136. The summed E-state index contributed by atoms with van der Waals surface area (Å²) in [6, 6.07) is 0. The number of nitrogens with one attached hydrogen (secondary N) is 1. The van der Waals surface area contributed by atoms with Crippen molar-refractivity contribution in [2.75, 3.05) is 18.6 Å². The molecule has 0 heterocycles. The van der Waals surface area contributed by atoms with Crippen molar-refractivity contribution in [3.8, 4) is 0 Å². The molecule has 0 rings (SSSR count). The third-order valence-electron chi connectivity index (χ3n) is 1.87. The topological polar surface area (TPSA) is 67.5 Å². The average molecular weight is 222 g/mol. The number of aliphatic hydroxyl groups is 1. The van der Waals surface area contributed by atoms with Crippen molar-refractivity contribution >= 4 is 11.8 Å². The fourth-order valence-corrected chi connectivity index (χ4v) is 1.49. The Morgan fingerprint density at radius 3 is 2.57 bits per heavy atom. The summed E-state index contributed by atoms with van der Waals surface area (Å²) in [6.45, 7) is 4.93. The average Bonchev–Trinajstić information content (AvgIpc) is 2.16. The molecule has 0 aliphatic rings. The zero-order valence-corrected chi connectivity index (χ0v) is 10.0. The van der Waals surface area contributed by atoms with Gasteiger partial charge in [0.1, 0.15) is 12.3 Å². The zero-order valence-electron chi connectivity index (χ0n) is 9.19. The fourth-order valence-electron chi connectivity index (χ4n) is 1.02. The van der Waals surface area contributed by atoms with Gasteiger partial charge >= 0.3 is 0 Å². The van der Waals surface area contributed by atoms with E-state index in [1.165, 1.54) is 0 Å². The molecule has 14 heavy (non-hydrogen) atoms. The number of nitrogens with two attached hydrogens (primary N) is 1. The highest BCUT2D eigenvalue weighted by molar-refractivity contribution is 7.98. The second-order valence-electron chi connectivity index (χ2n) is 3.70. The van der Waals surface area contributed by atoms with E-state index in [-0.39, 0.29) is 6.10 Å². The van der Waals surface area contributed by atoms with E-state index in [1.807, 2.05) is 6.26 Å². The van der Waals surface area contributed by atoms with Gasteiger partial charge in [0, 0.05) is 0 Å². The molecule has 4 nitrogen and oxygen atoms in total. The van der Waals surface area contributed by atoms with Gasteiger partial charge in [0.05, 0.1) is 0 Å². The van der Waals surface area contributed by atoms with Crippen LogP contribution in [-0.2, 0) is 4.84 Å². The molecule has 2 atom stereocenters. The first-order valence-electron chi connectivity index (χ1n) is 4.87. The van der Waals surface area contributed by atoms with Crippen LogP contribution in [0.25, 0.3) is 0 Å². The van der Waals surface area contributed by atoms with Gasteiger partial charge in [-0.1, -0.05) is 13.8 Å². The molecule has 0 aliphatic heterocycles. The van der Waals surface area contributed by atoms with Crippen molar-refractivity contribution in [2.24, 2.45) is 11.8 Å². The van der Waals surface area contributed by atoms with E-state index in [2.05, 4.69) is 19.2 Å². The molecule has 86 valence electrons. The first-order valence-corrected chi connectivity index (χ1v) is 6.27. The number of hydrogen-bond acceptors (Lipinski definition) is 5. The lowest BCUT2D eigenvalue weighted by Gasteiger charge is -2.22. The predicted molar refractivity (Wildman–Crippen MR) is 60.9 cm³/mol. The SMILES string of the molecule is CSCC[C@@H](ON)C(O)NCC(C)C. The first-order chi connectivity index (χ1) is 6.61. The van der Waals surface area contributed by atoms with Crippen molar-refractivity contribution < 1.29 is 9.94 Å². The van der Waals surface area contributed by atoms with E-state index < -0.39 is 6.23 Å². The maximum atomic E-state index is 9.66. The number of aliphatic hydroxyl groups excluding tert-OH is 1. The number of rotatable bonds is 8. The van der Waals surface area contributed by atoms with Gasteiger partial charge in [-0.2, -0.15) is 11.8 Å². The van der Waals surface area contributed by atoms with Crippen LogP contribution in [0.2, 0.25) is 0 Å². The maximum absolute atomic E-state index is 9.66. The van der Waals surface area contributed by atoms with Crippen LogP contribution in [0.3, 0.4) is 0 Å². The minimum atomic E-state index is -0.672. The van der Waals surface area contributed by atoms with Gasteiger partial charge < -0.3 is 5.11 Å². The molecule has 0 saturated heterocycles. The minimum Gasteiger partial charge on any atom is -0.376 e. The Hall–Kier alpha value is 0.190. The molecule has 0 aromatic rings. The summed E-state index contributed by atoms with van der Waals surface area (Å²) in [6.07, 6.45) is 1.78. The second kappa shape index (κ2) is 8.49. The molecule has 0 spiro atoms. The summed E-state index contributed by atoms with van der Waals surface area (Å²) in [5.41, 5.74) is 0. The smallest absolute Gasteiger partial charge is 0.133 e. The lowest BCUT2D eigenvalue weighted by Crippen LogP contribution is -2.44. The van der Waals surface area contributed by atoms with Gasteiger partial charge in [0.15, 0.2) is 0 Å². The van der Waals surface area contributed by atoms with Crippen LogP contribution >= 0.6 is 11.8 Å². The summed E-state index contributed by atoms with van der Waals surface area (Å²) in [7, 11) is 0. The number of hydrogen-bond donors (Lipinski definition) is 3. The molecule has 0 fully saturated rings. The third-order valence-corrected chi connectivity index (χ3v) is 2.51. The highest BCUT2D eigenvalue weighted by Crippen LogP contribution is 2.06. The molecule has 5 heteroatoms. The van der Waals surface area contributed by atoms with Gasteiger partial charge in [-0.15, -0.1) is 0 Å². The van der Waals surface area contributed by atoms with Crippen LogP contribution in [0.4, 0.5) is 0 Å². The van der Waals surface area contributed by atoms with E-state index in [9.17, 15) is 5.11 Å². The standard InChI is InChI=1S/C9H22N2O2S/c1-7(2)6-11-9(12)8(13-10)4-5-14-3/h7-9,11-12H,4-6,10H2,1-3H3/t8-,9?/m1/s1. The molecule has 0 bridgehead atoms. The Balaban J connectivity index is 3.72. The molecule has 1 unspecified atom stereocenters. The second-order valence-corrected chi connectivity index (χ2v) is 4.69. The summed E-state index contributed by atoms with van der Waals surface area (Å²) in [5, 5.41) is 12.6.